The third-order valence-electron chi connectivity index (χ3n) is 4.57. The van der Waals surface area contributed by atoms with E-state index in [1.54, 1.807) is 17.2 Å². The SMILES string of the molecule is O=C(N[C@H]1CC(=O)N(c2ccccc2)C1)C(=O)c1c[nH]c2ccccc12. The molecule has 6 nitrogen and oxygen atoms in total. The molecule has 1 aliphatic rings. The summed E-state index contributed by atoms with van der Waals surface area (Å²) in [7, 11) is 0. The zero-order valence-electron chi connectivity index (χ0n) is 13.9. The summed E-state index contributed by atoms with van der Waals surface area (Å²) in [5.74, 6) is -1.36. The predicted molar refractivity (Wildman–Crippen MR) is 98.0 cm³/mol. The Hall–Kier alpha value is -3.41. The molecule has 6 heteroatoms. The molecule has 1 aromatic heterocycles. The van der Waals surface area contributed by atoms with Crippen LogP contribution in [-0.2, 0) is 9.59 Å². The number of ketones is 1. The van der Waals surface area contributed by atoms with E-state index in [-0.39, 0.29) is 18.4 Å². The molecule has 2 N–H and O–H groups in total. The molecular weight excluding hydrogens is 330 g/mol. The van der Waals surface area contributed by atoms with Crippen molar-refractivity contribution < 1.29 is 14.4 Å². The van der Waals surface area contributed by atoms with Crippen LogP contribution in [0.1, 0.15) is 16.8 Å². The van der Waals surface area contributed by atoms with Crippen LogP contribution < -0.4 is 10.2 Å². The molecule has 1 saturated heterocycles. The van der Waals surface area contributed by atoms with Crippen LogP contribution in [0.15, 0.2) is 60.8 Å². The molecular formula is C20H17N3O3. The zero-order valence-corrected chi connectivity index (χ0v) is 13.9. The molecule has 0 radical (unpaired) electrons. The van der Waals surface area contributed by atoms with E-state index in [1.165, 1.54) is 0 Å². The topological polar surface area (TPSA) is 82.3 Å². The van der Waals surface area contributed by atoms with Crippen molar-refractivity contribution in [2.75, 3.05) is 11.4 Å². The van der Waals surface area contributed by atoms with E-state index >= 15 is 0 Å². The van der Waals surface area contributed by atoms with Crippen molar-refractivity contribution >= 4 is 34.2 Å². The Morgan fingerprint density at radius 1 is 1.04 bits per heavy atom. The van der Waals surface area contributed by atoms with Crippen molar-refractivity contribution in [1.29, 1.82) is 0 Å². The van der Waals surface area contributed by atoms with Gasteiger partial charge in [0, 0.05) is 35.8 Å². The number of carbonyl (C=O) groups is 3. The van der Waals surface area contributed by atoms with Gasteiger partial charge in [0.25, 0.3) is 11.7 Å². The minimum atomic E-state index is -0.692. The van der Waals surface area contributed by atoms with Crippen molar-refractivity contribution in [2.24, 2.45) is 0 Å². The largest absolute Gasteiger partial charge is 0.360 e. The lowest BCUT2D eigenvalue weighted by Gasteiger charge is -2.16. The number of Topliss-reactive ketones (excluding diaryl/α,β-unsaturated/α-hetero) is 1. The number of aromatic nitrogens is 1. The lowest BCUT2D eigenvalue weighted by Crippen LogP contribution is -2.40. The van der Waals surface area contributed by atoms with Crippen molar-refractivity contribution in [3.05, 3.63) is 66.4 Å². The molecule has 2 aromatic carbocycles. The molecule has 0 unspecified atom stereocenters. The van der Waals surface area contributed by atoms with Crippen molar-refractivity contribution in [3.63, 3.8) is 0 Å². The molecule has 26 heavy (non-hydrogen) atoms. The van der Waals surface area contributed by atoms with Gasteiger partial charge in [-0.15, -0.1) is 0 Å². The molecule has 1 fully saturated rings. The Balaban J connectivity index is 1.47. The maximum Gasteiger partial charge on any atom is 0.292 e. The summed E-state index contributed by atoms with van der Waals surface area (Å²) in [5, 5.41) is 3.41. The molecule has 130 valence electrons. The van der Waals surface area contributed by atoms with Crippen LogP contribution in [0.25, 0.3) is 10.9 Å². The number of benzene rings is 2. The Labute approximate surface area is 149 Å². The maximum atomic E-state index is 12.5. The number of fused-ring (bicyclic) bond motifs is 1. The van der Waals surface area contributed by atoms with Gasteiger partial charge in [0.15, 0.2) is 0 Å². The summed E-state index contributed by atoms with van der Waals surface area (Å²) in [6.45, 7) is 0.357. The van der Waals surface area contributed by atoms with E-state index in [0.29, 0.717) is 17.5 Å². The van der Waals surface area contributed by atoms with Crippen LogP contribution in [0.2, 0.25) is 0 Å². The summed E-state index contributed by atoms with van der Waals surface area (Å²) >= 11 is 0. The summed E-state index contributed by atoms with van der Waals surface area (Å²) in [4.78, 5) is 41.7. The molecule has 0 saturated carbocycles. The Morgan fingerprint density at radius 2 is 1.77 bits per heavy atom. The number of hydrogen-bond donors (Lipinski definition) is 2. The highest BCUT2D eigenvalue weighted by atomic mass is 16.2. The third kappa shape index (κ3) is 2.86. The number of carbonyl (C=O) groups excluding carboxylic acids is 3. The first kappa shape index (κ1) is 16.1. The monoisotopic (exact) mass is 347 g/mol. The predicted octanol–water partition coefficient (Wildman–Crippen LogP) is 2.27. The summed E-state index contributed by atoms with van der Waals surface area (Å²) in [5.41, 5.74) is 1.93. The van der Waals surface area contributed by atoms with Gasteiger partial charge in [-0.05, 0) is 18.2 Å². The van der Waals surface area contributed by atoms with Gasteiger partial charge < -0.3 is 15.2 Å². The average Bonchev–Trinajstić information content (AvgIpc) is 3.25. The molecule has 2 heterocycles. The number of H-pyrrole nitrogens is 1. The molecule has 0 aliphatic carbocycles. The Bertz CT molecular complexity index is 994. The van der Waals surface area contributed by atoms with Gasteiger partial charge in [-0.25, -0.2) is 0 Å². The van der Waals surface area contributed by atoms with Crippen LogP contribution >= 0.6 is 0 Å². The Morgan fingerprint density at radius 3 is 2.58 bits per heavy atom. The van der Waals surface area contributed by atoms with E-state index in [0.717, 1.165) is 11.2 Å². The van der Waals surface area contributed by atoms with E-state index < -0.39 is 11.7 Å². The fraction of sp³-hybridized carbons (Fsp3) is 0.150. The number of nitrogens with one attached hydrogen (secondary N) is 2. The minimum absolute atomic E-state index is 0.0685. The molecule has 4 rings (SSSR count). The van der Waals surface area contributed by atoms with Gasteiger partial charge in [-0.2, -0.15) is 0 Å². The first-order valence-corrected chi connectivity index (χ1v) is 8.40. The van der Waals surface area contributed by atoms with E-state index in [9.17, 15) is 14.4 Å². The van der Waals surface area contributed by atoms with E-state index in [1.807, 2.05) is 48.5 Å². The van der Waals surface area contributed by atoms with Crippen LogP contribution in [0, 0.1) is 0 Å². The molecule has 3 aromatic rings. The van der Waals surface area contributed by atoms with Gasteiger partial charge in [-0.1, -0.05) is 36.4 Å². The maximum absolute atomic E-state index is 12.5. The second-order valence-electron chi connectivity index (χ2n) is 6.29. The van der Waals surface area contributed by atoms with Gasteiger partial charge in [0.1, 0.15) is 0 Å². The summed E-state index contributed by atoms with van der Waals surface area (Å²) in [6, 6.07) is 16.2. The minimum Gasteiger partial charge on any atom is -0.360 e. The van der Waals surface area contributed by atoms with Crippen LogP contribution in [0.5, 0.6) is 0 Å². The summed E-state index contributed by atoms with van der Waals surface area (Å²) in [6.07, 6.45) is 1.73. The zero-order chi connectivity index (χ0) is 18.1. The van der Waals surface area contributed by atoms with Gasteiger partial charge >= 0.3 is 0 Å². The van der Waals surface area contributed by atoms with Gasteiger partial charge in [-0.3, -0.25) is 14.4 Å². The van der Waals surface area contributed by atoms with Crippen LogP contribution in [-0.4, -0.2) is 35.2 Å². The highest BCUT2D eigenvalue weighted by molar-refractivity contribution is 6.45. The number of anilines is 1. The number of hydrogen-bond acceptors (Lipinski definition) is 3. The highest BCUT2D eigenvalue weighted by Crippen LogP contribution is 2.22. The lowest BCUT2D eigenvalue weighted by molar-refractivity contribution is -0.118. The van der Waals surface area contributed by atoms with Gasteiger partial charge in [0.2, 0.25) is 5.91 Å². The van der Waals surface area contributed by atoms with E-state index in [2.05, 4.69) is 10.3 Å². The molecule has 0 spiro atoms. The van der Waals surface area contributed by atoms with Gasteiger partial charge in [0.05, 0.1) is 11.6 Å². The first-order valence-electron chi connectivity index (χ1n) is 8.40. The van der Waals surface area contributed by atoms with Crippen molar-refractivity contribution in [2.45, 2.75) is 12.5 Å². The molecule has 2 amide bonds. The molecule has 1 aliphatic heterocycles. The van der Waals surface area contributed by atoms with Crippen molar-refractivity contribution in [3.8, 4) is 0 Å². The number of nitrogens with zero attached hydrogens (tertiary/aromatic N) is 1. The molecule has 0 bridgehead atoms. The average molecular weight is 347 g/mol. The quantitative estimate of drug-likeness (QED) is 0.561. The fourth-order valence-corrected chi connectivity index (χ4v) is 3.29. The summed E-state index contributed by atoms with van der Waals surface area (Å²) < 4.78 is 0. The number of rotatable bonds is 4. The third-order valence-corrected chi connectivity index (χ3v) is 4.57. The van der Waals surface area contributed by atoms with Crippen molar-refractivity contribution in [1.82, 2.24) is 10.3 Å². The second kappa shape index (κ2) is 6.48. The number of aromatic amines is 1. The normalized spacial score (nSPS) is 16.8. The standard InChI is InChI=1S/C20H17N3O3/c24-18-10-13(12-23(18)14-6-2-1-3-7-14)22-20(26)19(25)16-11-21-17-9-5-4-8-15(16)17/h1-9,11,13,21H,10,12H2,(H,22,26)/t13-/m0/s1. The fourth-order valence-electron chi connectivity index (χ4n) is 3.29. The highest BCUT2D eigenvalue weighted by Gasteiger charge is 2.33. The second-order valence-corrected chi connectivity index (χ2v) is 6.29. The lowest BCUT2D eigenvalue weighted by atomic mass is 10.1. The first-order chi connectivity index (χ1) is 12.6. The molecule has 1 atom stereocenters. The smallest absolute Gasteiger partial charge is 0.292 e. The van der Waals surface area contributed by atoms with Crippen LogP contribution in [0.4, 0.5) is 5.69 Å². The van der Waals surface area contributed by atoms with Crippen LogP contribution in [0.3, 0.4) is 0 Å². The Kier molecular flexibility index (Phi) is 4.01. The van der Waals surface area contributed by atoms with E-state index in [4.69, 9.17) is 0 Å². The number of para-hydroxylation sites is 2. The number of amides is 2.